The van der Waals surface area contributed by atoms with E-state index in [1.807, 2.05) is 25.2 Å². The third kappa shape index (κ3) is 7.26. The highest BCUT2D eigenvalue weighted by molar-refractivity contribution is 5.79. The normalized spacial score (nSPS) is 15.8. The van der Waals surface area contributed by atoms with E-state index >= 15 is 0 Å². The van der Waals surface area contributed by atoms with Crippen LogP contribution in [0.1, 0.15) is 30.0 Å². The molecular weight excluding hydrogens is 386 g/mol. The average molecular weight is 424 g/mol. The fourth-order valence-electron chi connectivity index (χ4n) is 3.91. The summed E-state index contributed by atoms with van der Waals surface area (Å²) in [5.74, 6) is 1.73. The standard InChI is InChI=1S/C25H37N5O/c1-26-25(27-19-22-13-7-8-14-24(22)31-18-17-29(2)3)28-20-23(30-15-9-10-16-30)21-11-5-4-6-12-21/h4-8,11-14,23H,9-10,15-20H2,1-3H3,(H2,26,27,28). The van der Waals surface area contributed by atoms with E-state index in [-0.39, 0.29) is 0 Å². The van der Waals surface area contributed by atoms with Gasteiger partial charge in [-0.2, -0.15) is 0 Å². The van der Waals surface area contributed by atoms with E-state index in [1.165, 1.54) is 18.4 Å². The summed E-state index contributed by atoms with van der Waals surface area (Å²) in [6.07, 6.45) is 2.56. The monoisotopic (exact) mass is 423 g/mol. The van der Waals surface area contributed by atoms with Gasteiger partial charge in [0, 0.05) is 32.2 Å². The van der Waals surface area contributed by atoms with Crippen molar-refractivity contribution in [3.63, 3.8) is 0 Å². The molecule has 0 bridgehead atoms. The number of likely N-dealkylation sites (tertiary alicyclic amines) is 1. The molecule has 0 spiro atoms. The van der Waals surface area contributed by atoms with Gasteiger partial charge in [-0.05, 0) is 51.7 Å². The summed E-state index contributed by atoms with van der Waals surface area (Å²) in [7, 11) is 5.93. The van der Waals surface area contributed by atoms with Crippen molar-refractivity contribution in [2.75, 3.05) is 53.9 Å². The van der Waals surface area contributed by atoms with E-state index < -0.39 is 0 Å². The maximum absolute atomic E-state index is 5.99. The third-order valence-electron chi connectivity index (χ3n) is 5.67. The summed E-state index contributed by atoms with van der Waals surface area (Å²) in [5, 5.41) is 7.00. The lowest BCUT2D eigenvalue weighted by molar-refractivity contribution is 0.245. The van der Waals surface area contributed by atoms with Gasteiger partial charge in [0.25, 0.3) is 0 Å². The van der Waals surface area contributed by atoms with Gasteiger partial charge in [0.1, 0.15) is 12.4 Å². The molecule has 2 N–H and O–H groups in total. The fraction of sp³-hybridized carbons (Fsp3) is 0.480. The molecule has 2 aromatic carbocycles. The zero-order chi connectivity index (χ0) is 21.9. The molecule has 1 aliphatic heterocycles. The minimum absolute atomic E-state index is 0.351. The lowest BCUT2D eigenvalue weighted by Crippen LogP contribution is -2.42. The van der Waals surface area contributed by atoms with E-state index in [0.29, 0.717) is 19.2 Å². The van der Waals surface area contributed by atoms with Crippen LogP contribution in [0.5, 0.6) is 5.75 Å². The molecule has 3 rings (SSSR count). The van der Waals surface area contributed by atoms with Gasteiger partial charge in [0.2, 0.25) is 0 Å². The van der Waals surface area contributed by atoms with Gasteiger partial charge in [0.15, 0.2) is 5.96 Å². The molecule has 6 nitrogen and oxygen atoms in total. The number of hydrogen-bond donors (Lipinski definition) is 2. The van der Waals surface area contributed by atoms with Crippen LogP contribution in [-0.4, -0.2) is 69.7 Å². The van der Waals surface area contributed by atoms with Crippen molar-refractivity contribution >= 4 is 5.96 Å². The van der Waals surface area contributed by atoms with Crippen molar-refractivity contribution < 1.29 is 4.74 Å². The first-order valence-corrected chi connectivity index (χ1v) is 11.3. The molecule has 2 aromatic rings. The van der Waals surface area contributed by atoms with Crippen LogP contribution in [0.2, 0.25) is 0 Å². The van der Waals surface area contributed by atoms with Gasteiger partial charge in [-0.25, -0.2) is 0 Å². The second-order valence-electron chi connectivity index (χ2n) is 8.24. The third-order valence-corrected chi connectivity index (χ3v) is 5.67. The largest absolute Gasteiger partial charge is 0.492 e. The maximum atomic E-state index is 5.99. The number of nitrogens with one attached hydrogen (secondary N) is 2. The molecule has 0 aliphatic carbocycles. The number of rotatable bonds is 10. The van der Waals surface area contributed by atoms with Crippen LogP contribution >= 0.6 is 0 Å². The summed E-state index contributed by atoms with van der Waals surface area (Å²) in [6.45, 7) is 5.37. The highest BCUT2D eigenvalue weighted by Crippen LogP contribution is 2.24. The summed E-state index contributed by atoms with van der Waals surface area (Å²) >= 11 is 0. The number of guanidine groups is 1. The number of aliphatic imine (C=N–C) groups is 1. The number of likely N-dealkylation sites (N-methyl/N-ethyl adjacent to an activating group) is 1. The molecule has 0 amide bonds. The summed E-state index contributed by atoms with van der Waals surface area (Å²) < 4.78 is 5.99. The van der Waals surface area contributed by atoms with Crippen molar-refractivity contribution in [2.45, 2.75) is 25.4 Å². The predicted octanol–water partition coefficient (Wildman–Crippen LogP) is 3.13. The van der Waals surface area contributed by atoms with Gasteiger partial charge in [0.05, 0.1) is 6.04 Å². The maximum Gasteiger partial charge on any atom is 0.191 e. The Morgan fingerprint density at radius 3 is 2.45 bits per heavy atom. The molecular formula is C25H37N5O. The highest BCUT2D eigenvalue weighted by Gasteiger charge is 2.23. The molecule has 1 unspecified atom stereocenters. The Bertz CT molecular complexity index is 803. The summed E-state index contributed by atoms with van der Waals surface area (Å²) in [6, 6.07) is 19.3. The Balaban J connectivity index is 1.57. The van der Waals surface area contributed by atoms with Crippen LogP contribution in [0.25, 0.3) is 0 Å². The second-order valence-corrected chi connectivity index (χ2v) is 8.24. The molecule has 0 saturated carbocycles. The Hall–Kier alpha value is -2.57. The van der Waals surface area contributed by atoms with Crippen molar-refractivity contribution in [2.24, 2.45) is 4.99 Å². The minimum atomic E-state index is 0.351. The molecule has 31 heavy (non-hydrogen) atoms. The van der Waals surface area contributed by atoms with E-state index in [4.69, 9.17) is 4.74 Å². The number of nitrogens with zero attached hydrogens (tertiary/aromatic N) is 3. The summed E-state index contributed by atoms with van der Waals surface area (Å²) in [5.41, 5.74) is 2.48. The lowest BCUT2D eigenvalue weighted by Gasteiger charge is -2.29. The van der Waals surface area contributed by atoms with Gasteiger partial charge < -0.3 is 20.3 Å². The van der Waals surface area contributed by atoms with Crippen LogP contribution in [0.15, 0.2) is 59.6 Å². The summed E-state index contributed by atoms with van der Waals surface area (Å²) in [4.78, 5) is 9.13. The number of ether oxygens (including phenoxy) is 1. The van der Waals surface area contributed by atoms with Crippen LogP contribution in [0.4, 0.5) is 0 Å². The number of hydrogen-bond acceptors (Lipinski definition) is 4. The zero-order valence-corrected chi connectivity index (χ0v) is 19.2. The van der Waals surface area contributed by atoms with Crippen LogP contribution in [0.3, 0.4) is 0 Å². The van der Waals surface area contributed by atoms with E-state index in [9.17, 15) is 0 Å². The van der Waals surface area contributed by atoms with Crippen molar-refractivity contribution in [1.82, 2.24) is 20.4 Å². The Kier molecular flexibility index (Phi) is 9.18. The van der Waals surface area contributed by atoms with Crippen LogP contribution in [0, 0.1) is 0 Å². The molecule has 1 aliphatic rings. The lowest BCUT2D eigenvalue weighted by atomic mass is 10.1. The molecule has 1 fully saturated rings. The molecule has 1 atom stereocenters. The average Bonchev–Trinajstić information content (AvgIpc) is 3.32. The molecule has 6 heteroatoms. The van der Waals surface area contributed by atoms with Crippen LogP contribution in [-0.2, 0) is 6.54 Å². The first kappa shape index (κ1) is 23.1. The smallest absolute Gasteiger partial charge is 0.191 e. The van der Waals surface area contributed by atoms with Crippen molar-refractivity contribution in [3.8, 4) is 5.75 Å². The van der Waals surface area contributed by atoms with Gasteiger partial charge in [-0.15, -0.1) is 0 Å². The molecule has 1 saturated heterocycles. The van der Waals surface area contributed by atoms with Gasteiger partial charge in [-0.1, -0.05) is 48.5 Å². The Morgan fingerprint density at radius 1 is 1.03 bits per heavy atom. The predicted molar refractivity (Wildman–Crippen MR) is 129 cm³/mol. The first-order chi connectivity index (χ1) is 15.2. The van der Waals surface area contributed by atoms with Crippen LogP contribution < -0.4 is 15.4 Å². The molecule has 168 valence electrons. The minimum Gasteiger partial charge on any atom is -0.492 e. The topological polar surface area (TPSA) is 52.1 Å². The fourth-order valence-corrected chi connectivity index (χ4v) is 3.91. The van der Waals surface area contributed by atoms with Gasteiger partial charge in [-0.3, -0.25) is 9.89 Å². The Labute approximate surface area is 187 Å². The highest BCUT2D eigenvalue weighted by atomic mass is 16.5. The first-order valence-electron chi connectivity index (χ1n) is 11.3. The van der Waals surface area contributed by atoms with Gasteiger partial charge >= 0.3 is 0 Å². The number of para-hydroxylation sites is 1. The molecule has 0 aromatic heterocycles. The SMILES string of the molecule is CN=C(NCc1ccccc1OCCN(C)C)NCC(c1ccccc1)N1CCCC1. The quantitative estimate of drug-likeness (QED) is 0.454. The van der Waals surface area contributed by atoms with Crippen molar-refractivity contribution in [3.05, 3.63) is 65.7 Å². The van der Waals surface area contributed by atoms with E-state index in [1.54, 1.807) is 0 Å². The Morgan fingerprint density at radius 2 is 1.74 bits per heavy atom. The zero-order valence-electron chi connectivity index (χ0n) is 19.2. The number of benzene rings is 2. The molecule has 0 radical (unpaired) electrons. The molecule has 1 heterocycles. The van der Waals surface area contributed by atoms with E-state index in [0.717, 1.165) is 43.5 Å². The van der Waals surface area contributed by atoms with E-state index in [2.05, 4.69) is 75.9 Å². The second kappa shape index (κ2) is 12.3. The van der Waals surface area contributed by atoms with Crippen molar-refractivity contribution in [1.29, 1.82) is 0 Å².